The van der Waals surface area contributed by atoms with Crippen molar-refractivity contribution in [2.75, 3.05) is 6.61 Å². The number of benzene rings is 1. The van der Waals surface area contributed by atoms with E-state index in [1.165, 1.54) is 6.07 Å². The van der Waals surface area contributed by atoms with Crippen molar-refractivity contribution in [2.45, 2.75) is 12.5 Å². The van der Waals surface area contributed by atoms with Crippen LogP contribution in [0.3, 0.4) is 0 Å². The molecule has 1 N–H and O–H groups in total. The van der Waals surface area contributed by atoms with Crippen molar-refractivity contribution in [3.05, 3.63) is 28.5 Å². The first kappa shape index (κ1) is 8.78. The smallest absolute Gasteiger partial charge is 0.183 e. The van der Waals surface area contributed by atoms with Gasteiger partial charge in [0.2, 0.25) is 0 Å². The Morgan fingerprint density at radius 1 is 1.54 bits per heavy atom. The van der Waals surface area contributed by atoms with Gasteiger partial charge in [0.15, 0.2) is 11.6 Å². The number of aliphatic hydroxyl groups is 1. The predicted octanol–water partition coefficient (Wildman–Crippen LogP) is 2.30. The molecule has 0 radical (unpaired) electrons. The molecule has 0 aromatic heterocycles. The molecule has 1 atom stereocenters. The molecule has 0 spiro atoms. The van der Waals surface area contributed by atoms with Crippen LogP contribution in [-0.4, -0.2) is 11.7 Å². The molecular formula is C9H8ClFO2. The van der Waals surface area contributed by atoms with Gasteiger partial charge < -0.3 is 9.84 Å². The van der Waals surface area contributed by atoms with Crippen LogP contribution in [0.4, 0.5) is 4.39 Å². The van der Waals surface area contributed by atoms with Gasteiger partial charge in [-0.3, -0.25) is 0 Å². The second-order valence-electron chi connectivity index (χ2n) is 2.93. The van der Waals surface area contributed by atoms with Crippen LogP contribution < -0.4 is 4.74 Å². The lowest BCUT2D eigenvalue weighted by Gasteiger charge is -2.22. The molecule has 0 aliphatic carbocycles. The van der Waals surface area contributed by atoms with Crippen LogP contribution in [0.1, 0.15) is 18.1 Å². The van der Waals surface area contributed by atoms with Crippen molar-refractivity contribution in [1.29, 1.82) is 0 Å². The quantitative estimate of drug-likeness (QED) is 0.700. The lowest BCUT2D eigenvalue weighted by atomic mass is 10.0. The van der Waals surface area contributed by atoms with Crippen LogP contribution in [0.15, 0.2) is 12.1 Å². The molecule has 2 rings (SSSR count). The lowest BCUT2D eigenvalue weighted by molar-refractivity contribution is 0.112. The van der Waals surface area contributed by atoms with E-state index < -0.39 is 11.9 Å². The molecular weight excluding hydrogens is 195 g/mol. The van der Waals surface area contributed by atoms with Gasteiger partial charge in [-0.25, -0.2) is 4.39 Å². The van der Waals surface area contributed by atoms with Gasteiger partial charge in [0.1, 0.15) is 0 Å². The van der Waals surface area contributed by atoms with Gasteiger partial charge in [-0.05, 0) is 6.07 Å². The predicted molar refractivity (Wildman–Crippen MR) is 46.5 cm³/mol. The molecule has 70 valence electrons. The molecule has 1 heterocycles. The first-order valence-electron chi connectivity index (χ1n) is 3.99. The van der Waals surface area contributed by atoms with E-state index in [9.17, 15) is 9.50 Å². The lowest BCUT2D eigenvalue weighted by Crippen LogP contribution is -2.14. The Balaban J connectivity index is 2.56. The van der Waals surface area contributed by atoms with E-state index in [1.807, 2.05) is 0 Å². The van der Waals surface area contributed by atoms with Gasteiger partial charge in [0.05, 0.1) is 17.7 Å². The molecule has 1 unspecified atom stereocenters. The van der Waals surface area contributed by atoms with E-state index in [0.29, 0.717) is 18.6 Å². The second kappa shape index (κ2) is 3.16. The standard InChI is InChI=1S/C9H8ClFO2/c10-6-2-1-5-7(12)3-4-13-9(5)8(6)11/h1-2,7,12H,3-4H2. The minimum absolute atomic E-state index is 0.0212. The molecule has 1 aromatic carbocycles. The average molecular weight is 203 g/mol. The highest BCUT2D eigenvalue weighted by atomic mass is 35.5. The van der Waals surface area contributed by atoms with Crippen molar-refractivity contribution in [2.24, 2.45) is 0 Å². The topological polar surface area (TPSA) is 29.5 Å². The van der Waals surface area contributed by atoms with Crippen molar-refractivity contribution in [3.8, 4) is 5.75 Å². The van der Waals surface area contributed by atoms with Crippen LogP contribution in [0.25, 0.3) is 0 Å². The molecule has 4 heteroatoms. The Hall–Kier alpha value is -0.800. The summed E-state index contributed by atoms with van der Waals surface area (Å²) >= 11 is 5.56. The summed E-state index contributed by atoms with van der Waals surface area (Å²) in [6.45, 7) is 0.325. The molecule has 2 nitrogen and oxygen atoms in total. The summed E-state index contributed by atoms with van der Waals surface area (Å²) in [5.74, 6) is -0.496. The summed E-state index contributed by atoms with van der Waals surface area (Å²) < 4.78 is 18.4. The molecule has 1 aliphatic rings. The zero-order valence-electron chi connectivity index (χ0n) is 6.76. The maximum atomic E-state index is 13.3. The fraction of sp³-hybridized carbons (Fsp3) is 0.333. The minimum Gasteiger partial charge on any atom is -0.490 e. The number of rotatable bonds is 0. The highest BCUT2D eigenvalue weighted by molar-refractivity contribution is 6.30. The first-order chi connectivity index (χ1) is 6.20. The SMILES string of the molecule is OC1CCOc2c1ccc(Cl)c2F. The molecule has 1 aliphatic heterocycles. The zero-order valence-corrected chi connectivity index (χ0v) is 7.51. The highest BCUT2D eigenvalue weighted by Gasteiger charge is 2.23. The number of hydrogen-bond donors (Lipinski definition) is 1. The van der Waals surface area contributed by atoms with Crippen LogP contribution in [0, 0.1) is 5.82 Å². The van der Waals surface area contributed by atoms with Crippen molar-refractivity contribution in [1.82, 2.24) is 0 Å². The molecule has 0 amide bonds. The normalized spacial score (nSPS) is 20.7. The maximum absolute atomic E-state index is 13.3. The Morgan fingerprint density at radius 2 is 2.31 bits per heavy atom. The van der Waals surface area contributed by atoms with E-state index in [2.05, 4.69) is 0 Å². The number of fused-ring (bicyclic) bond motifs is 1. The Labute approximate surface area is 79.9 Å². The van der Waals surface area contributed by atoms with Gasteiger partial charge in [0.25, 0.3) is 0 Å². The first-order valence-corrected chi connectivity index (χ1v) is 4.36. The van der Waals surface area contributed by atoms with Gasteiger partial charge in [-0.1, -0.05) is 17.7 Å². The van der Waals surface area contributed by atoms with E-state index in [0.717, 1.165) is 0 Å². The summed E-state index contributed by atoms with van der Waals surface area (Å²) in [4.78, 5) is 0. The zero-order chi connectivity index (χ0) is 9.42. The Morgan fingerprint density at radius 3 is 3.08 bits per heavy atom. The molecule has 13 heavy (non-hydrogen) atoms. The van der Waals surface area contributed by atoms with Gasteiger partial charge in [-0.15, -0.1) is 0 Å². The fourth-order valence-corrected chi connectivity index (χ4v) is 1.53. The fourth-order valence-electron chi connectivity index (χ4n) is 1.38. The Bertz CT molecular complexity index is 341. The van der Waals surface area contributed by atoms with E-state index in [1.54, 1.807) is 6.07 Å². The van der Waals surface area contributed by atoms with Crippen LogP contribution in [0.2, 0.25) is 5.02 Å². The minimum atomic E-state index is -0.643. The monoisotopic (exact) mass is 202 g/mol. The third kappa shape index (κ3) is 1.38. The second-order valence-corrected chi connectivity index (χ2v) is 3.34. The Kier molecular flexibility index (Phi) is 2.14. The number of aliphatic hydroxyl groups excluding tert-OH is 1. The van der Waals surface area contributed by atoms with E-state index >= 15 is 0 Å². The number of halogens is 2. The number of hydrogen-bond acceptors (Lipinski definition) is 2. The number of ether oxygens (including phenoxy) is 1. The summed E-state index contributed by atoms with van der Waals surface area (Å²) in [5, 5.41) is 9.51. The average Bonchev–Trinajstić information content (AvgIpc) is 2.12. The summed E-state index contributed by atoms with van der Waals surface area (Å²) in [5.41, 5.74) is 0.480. The third-order valence-electron chi connectivity index (χ3n) is 2.08. The van der Waals surface area contributed by atoms with E-state index in [4.69, 9.17) is 16.3 Å². The summed E-state index contributed by atoms with van der Waals surface area (Å²) in [6.07, 6.45) is -0.149. The third-order valence-corrected chi connectivity index (χ3v) is 2.37. The van der Waals surface area contributed by atoms with Gasteiger partial charge in [-0.2, -0.15) is 0 Å². The van der Waals surface area contributed by atoms with E-state index in [-0.39, 0.29) is 10.8 Å². The van der Waals surface area contributed by atoms with Crippen molar-refractivity contribution < 1.29 is 14.2 Å². The van der Waals surface area contributed by atoms with Crippen molar-refractivity contribution >= 4 is 11.6 Å². The summed E-state index contributed by atoms with van der Waals surface area (Å²) in [7, 11) is 0. The molecule has 0 fully saturated rings. The van der Waals surface area contributed by atoms with Crippen molar-refractivity contribution in [3.63, 3.8) is 0 Å². The maximum Gasteiger partial charge on any atom is 0.183 e. The van der Waals surface area contributed by atoms with Gasteiger partial charge in [0, 0.05) is 12.0 Å². The van der Waals surface area contributed by atoms with Crippen LogP contribution in [0.5, 0.6) is 5.75 Å². The molecule has 0 saturated carbocycles. The summed E-state index contributed by atoms with van der Waals surface area (Å²) in [6, 6.07) is 3.01. The van der Waals surface area contributed by atoms with Crippen LogP contribution >= 0.6 is 11.6 Å². The van der Waals surface area contributed by atoms with Crippen LogP contribution in [-0.2, 0) is 0 Å². The largest absolute Gasteiger partial charge is 0.490 e. The highest BCUT2D eigenvalue weighted by Crippen LogP contribution is 2.36. The van der Waals surface area contributed by atoms with Gasteiger partial charge >= 0.3 is 0 Å². The molecule has 0 bridgehead atoms. The molecule has 0 saturated heterocycles. The molecule has 1 aromatic rings.